The normalized spacial score (nSPS) is 20.1. The van der Waals surface area contributed by atoms with Crippen molar-refractivity contribution in [3.63, 3.8) is 0 Å². The molecule has 4 nitrogen and oxygen atoms in total. The van der Waals surface area contributed by atoms with Crippen LogP contribution in [0.1, 0.15) is 46.1 Å². The van der Waals surface area contributed by atoms with E-state index in [1.807, 2.05) is 24.0 Å². The molecule has 2 rings (SSSR count). The van der Waals surface area contributed by atoms with Crippen molar-refractivity contribution in [2.75, 3.05) is 27.2 Å². The molecule has 0 N–H and O–H groups in total. The lowest BCUT2D eigenvalue weighted by molar-refractivity contribution is -0.139. The van der Waals surface area contributed by atoms with Crippen molar-refractivity contribution >= 4 is 5.91 Å². The smallest absolute Gasteiger partial charge is 0.263 e. The van der Waals surface area contributed by atoms with Crippen LogP contribution in [0, 0.1) is 0 Å². The van der Waals surface area contributed by atoms with Crippen molar-refractivity contribution in [1.82, 2.24) is 9.80 Å². The molecule has 0 aromatic heterocycles. The second kappa shape index (κ2) is 7.56. The van der Waals surface area contributed by atoms with E-state index >= 15 is 0 Å². The van der Waals surface area contributed by atoms with Crippen molar-refractivity contribution < 1.29 is 9.53 Å². The Kier molecular flexibility index (Phi) is 5.92. The van der Waals surface area contributed by atoms with Crippen LogP contribution in [0.25, 0.3) is 0 Å². The monoisotopic (exact) mass is 332 g/mol. The molecule has 0 bridgehead atoms. The van der Waals surface area contributed by atoms with E-state index in [2.05, 4.69) is 51.9 Å². The molecule has 1 aliphatic heterocycles. The molecule has 0 saturated carbocycles. The summed E-state index contributed by atoms with van der Waals surface area (Å²) < 4.78 is 5.89. The molecular formula is C20H32N2O2. The van der Waals surface area contributed by atoms with Crippen LogP contribution >= 0.6 is 0 Å². The number of ether oxygens (including phenoxy) is 1. The molecule has 1 amide bonds. The summed E-state index contributed by atoms with van der Waals surface area (Å²) in [5.74, 6) is 0.839. The summed E-state index contributed by atoms with van der Waals surface area (Å²) in [6.07, 6.45) is 1.76. The Morgan fingerprint density at radius 1 is 1.25 bits per heavy atom. The average molecular weight is 332 g/mol. The number of nitrogens with zero attached hydrogens (tertiary/aromatic N) is 2. The van der Waals surface area contributed by atoms with E-state index in [4.69, 9.17) is 4.74 Å². The summed E-state index contributed by atoms with van der Waals surface area (Å²) in [7, 11) is 4.16. The second-order valence-corrected chi connectivity index (χ2v) is 8.08. The summed E-state index contributed by atoms with van der Waals surface area (Å²) in [4.78, 5) is 16.8. The lowest BCUT2D eigenvalue weighted by atomic mass is 9.87. The summed E-state index contributed by atoms with van der Waals surface area (Å²) in [6, 6.07) is 8.53. The van der Waals surface area contributed by atoms with Gasteiger partial charge < -0.3 is 14.5 Å². The van der Waals surface area contributed by atoms with Crippen LogP contribution in [-0.4, -0.2) is 55.0 Å². The maximum absolute atomic E-state index is 12.7. The van der Waals surface area contributed by atoms with Crippen LogP contribution in [0.3, 0.4) is 0 Å². The highest BCUT2D eigenvalue weighted by Crippen LogP contribution is 2.25. The van der Waals surface area contributed by atoms with Gasteiger partial charge in [0.15, 0.2) is 6.10 Å². The molecule has 1 aromatic carbocycles. The molecule has 1 heterocycles. The lowest BCUT2D eigenvalue weighted by Crippen LogP contribution is -2.50. The number of rotatable bonds is 4. The minimum Gasteiger partial charge on any atom is -0.481 e. The Morgan fingerprint density at radius 3 is 2.42 bits per heavy atom. The largest absolute Gasteiger partial charge is 0.481 e. The maximum Gasteiger partial charge on any atom is 0.263 e. The van der Waals surface area contributed by atoms with Crippen LogP contribution in [0.5, 0.6) is 5.75 Å². The third-order valence-electron chi connectivity index (χ3n) is 4.82. The third kappa shape index (κ3) is 4.73. The minimum absolute atomic E-state index is 0.0847. The third-order valence-corrected chi connectivity index (χ3v) is 4.82. The first kappa shape index (κ1) is 18.8. The van der Waals surface area contributed by atoms with Gasteiger partial charge in [0.05, 0.1) is 0 Å². The van der Waals surface area contributed by atoms with Crippen LogP contribution in [0.2, 0.25) is 0 Å². The fourth-order valence-electron chi connectivity index (χ4n) is 3.12. The summed E-state index contributed by atoms with van der Waals surface area (Å²) in [6.45, 7) is 10.0. The molecule has 2 atom stereocenters. The second-order valence-electron chi connectivity index (χ2n) is 8.08. The number of likely N-dealkylation sites (N-methyl/N-ethyl adjacent to an activating group) is 1. The number of carbonyl (C=O) groups excluding carboxylic acids is 1. The first-order valence-electron chi connectivity index (χ1n) is 8.91. The van der Waals surface area contributed by atoms with Crippen molar-refractivity contribution in [2.45, 2.75) is 58.1 Å². The zero-order valence-corrected chi connectivity index (χ0v) is 16.0. The van der Waals surface area contributed by atoms with Crippen molar-refractivity contribution in [3.05, 3.63) is 29.8 Å². The molecule has 4 heteroatoms. The van der Waals surface area contributed by atoms with Gasteiger partial charge in [0.1, 0.15) is 5.75 Å². The Balaban J connectivity index is 1.96. The fourth-order valence-corrected chi connectivity index (χ4v) is 3.12. The highest BCUT2D eigenvalue weighted by Gasteiger charge is 2.28. The number of hydrogen-bond donors (Lipinski definition) is 0. The van der Waals surface area contributed by atoms with Gasteiger partial charge in [0, 0.05) is 19.1 Å². The van der Waals surface area contributed by atoms with E-state index in [1.165, 1.54) is 5.56 Å². The van der Waals surface area contributed by atoms with Gasteiger partial charge in [-0.25, -0.2) is 0 Å². The zero-order chi connectivity index (χ0) is 17.9. The number of carbonyl (C=O) groups is 1. The van der Waals surface area contributed by atoms with E-state index in [0.29, 0.717) is 6.04 Å². The average Bonchev–Trinajstić information content (AvgIpc) is 2.53. The van der Waals surface area contributed by atoms with Gasteiger partial charge in [-0.1, -0.05) is 32.9 Å². The lowest BCUT2D eigenvalue weighted by Gasteiger charge is -2.37. The number of likely N-dealkylation sites (tertiary alicyclic amines) is 1. The van der Waals surface area contributed by atoms with Crippen LogP contribution < -0.4 is 4.74 Å². The predicted octanol–water partition coefficient (Wildman–Crippen LogP) is 3.30. The Morgan fingerprint density at radius 2 is 1.88 bits per heavy atom. The predicted molar refractivity (Wildman–Crippen MR) is 98.5 cm³/mol. The van der Waals surface area contributed by atoms with Crippen LogP contribution in [0.4, 0.5) is 0 Å². The topological polar surface area (TPSA) is 32.8 Å². The zero-order valence-electron chi connectivity index (χ0n) is 16.0. The van der Waals surface area contributed by atoms with E-state index < -0.39 is 6.10 Å². The highest BCUT2D eigenvalue weighted by atomic mass is 16.5. The van der Waals surface area contributed by atoms with Gasteiger partial charge in [-0.3, -0.25) is 4.79 Å². The number of piperidine rings is 1. The summed E-state index contributed by atoms with van der Waals surface area (Å²) in [5, 5.41) is 0. The Labute approximate surface area is 146 Å². The van der Waals surface area contributed by atoms with E-state index in [-0.39, 0.29) is 11.3 Å². The van der Waals surface area contributed by atoms with Crippen LogP contribution in [0.15, 0.2) is 24.3 Å². The van der Waals surface area contributed by atoms with Gasteiger partial charge in [-0.15, -0.1) is 0 Å². The van der Waals surface area contributed by atoms with Crippen molar-refractivity contribution in [1.29, 1.82) is 0 Å². The molecule has 0 aliphatic carbocycles. The fraction of sp³-hybridized carbons (Fsp3) is 0.650. The van der Waals surface area contributed by atoms with Crippen molar-refractivity contribution in [2.24, 2.45) is 0 Å². The molecule has 0 radical (unpaired) electrons. The van der Waals surface area contributed by atoms with Gasteiger partial charge in [0.25, 0.3) is 5.91 Å². The number of benzene rings is 1. The highest BCUT2D eigenvalue weighted by molar-refractivity contribution is 5.81. The minimum atomic E-state index is -0.452. The first-order valence-corrected chi connectivity index (χ1v) is 8.91. The van der Waals surface area contributed by atoms with Crippen molar-refractivity contribution in [3.8, 4) is 5.75 Å². The molecular weight excluding hydrogens is 300 g/mol. The Bertz CT molecular complexity index is 546. The summed E-state index contributed by atoms with van der Waals surface area (Å²) >= 11 is 0. The van der Waals surface area contributed by atoms with Crippen LogP contribution in [-0.2, 0) is 10.2 Å². The molecule has 134 valence electrons. The van der Waals surface area contributed by atoms with Gasteiger partial charge >= 0.3 is 0 Å². The molecule has 24 heavy (non-hydrogen) atoms. The van der Waals surface area contributed by atoms with E-state index in [0.717, 1.165) is 31.7 Å². The molecule has 0 spiro atoms. The van der Waals surface area contributed by atoms with Gasteiger partial charge in [0.2, 0.25) is 0 Å². The number of amides is 1. The first-order chi connectivity index (χ1) is 11.2. The molecule has 2 unspecified atom stereocenters. The van der Waals surface area contributed by atoms with E-state index in [9.17, 15) is 4.79 Å². The molecule has 1 saturated heterocycles. The number of hydrogen-bond acceptors (Lipinski definition) is 3. The SMILES string of the molecule is CC(Oc1ccc(C(C)(C)C)cc1)C(=O)N1CCCC(N(C)C)C1. The standard InChI is InChI=1S/C20H32N2O2/c1-15(19(23)22-13-7-8-17(14-22)21(5)6)24-18-11-9-16(10-12-18)20(2,3)4/h9-12,15,17H,7-8,13-14H2,1-6H3. The quantitative estimate of drug-likeness (QED) is 0.848. The van der Waals surface area contributed by atoms with Gasteiger partial charge in [-0.2, -0.15) is 0 Å². The van der Waals surface area contributed by atoms with E-state index in [1.54, 1.807) is 0 Å². The molecule has 1 aromatic rings. The molecule has 1 aliphatic rings. The molecule has 1 fully saturated rings. The van der Waals surface area contributed by atoms with Gasteiger partial charge in [-0.05, 0) is 57.0 Å². The summed E-state index contributed by atoms with van der Waals surface area (Å²) in [5.41, 5.74) is 1.38. The maximum atomic E-state index is 12.7. The Hall–Kier alpha value is -1.55.